The second kappa shape index (κ2) is 6.54. The van der Waals surface area contributed by atoms with Crippen molar-refractivity contribution < 1.29 is 14.5 Å². The van der Waals surface area contributed by atoms with E-state index in [1.807, 2.05) is 6.07 Å². The number of carbonyl (C=O) groups excluding carboxylic acids is 1. The number of hydrogen-bond donors (Lipinski definition) is 0. The number of aromatic nitrogens is 1. The van der Waals surface area contributed by atoms with E-state index in [0.29, 0.717) is 11.1 Å². The lowest BCUT2D eigenvalue weighted by Gasteiger charge is -2.06. The number of nitro benzene ring substituents is 1. The number of nitrogens with zero attached hydrogens (tertiary/aromatic N) is 3. The zero-order valence-electron chi connectivity index (χ0n) is 11.9. The summed E-state index contributed by atoms with van der Waals surface area (Å²) >= 11 is 0. The van der Waals surface area contributed by atoms with Gasteiger partial charge >= 0.3 is 5.97 Å². The topological polar surface area (TPSA) is 98.2 Å². The van der Waals surface area contributed by atoms with Crippen LogP contribution in [0, 0.1) is 21.4 Å². The highest BCUT2D eigenvalue weighted by molar-refractivity contribution is 5.88. The number of carbonyl (C=O) groups is 1. The highest BCUT2D eigenvalue weighted by Gasteiger charge is 2.15. The fourth-order valence-corrected chi connectivity index (χ4v) is 2.06. The van der Waals surface area contributed by atoms with E-state index in [2.05, 4.69) is 0 Å². The van der Waals surface area contributed by atoms with E-state index in [0.717, 1.165) is 0 Å². The summed E-state index contributed by atoms with van der Waals surface area (Å²) in [6, 6.07) is 9.70. The van der Waals surface area contributed by atoms with Crippen LogP contribution in [0.4, 0.5) is 5.69 Å². The molecule has 0 amide bonds. The molecule has 0 fully saturated rings. The lowest BCUT2D eigenvalue weighted by molar-refractivity contribution is -0.385. The van der Waals surface area contributed by atoms with E-state index in [1.54, 1.807) is 25.2 Å². The minimum Gasteiger partial charge on any atom is -0.461 e. The molecule has 0 aliphatic heterocycles. The van der Waals surface area contributed by atoms with Crippen LogP contribution >= 0.6 is 0 Å². The van der Waals surface area contributed by atoms with Gasteiger partial charge in [0, 0.05) is 31.3 Å². The van der Waals surface area contributed by atoms with Crippen LogP contribution in [0.3, 0.4) is 0 Å². The molecule has 1 aromatic carbocycles. The minimum absolute atomic E-state index is 0.00387. The van der Waals surface area contributed by atoms with Gasteiger partial charge in [-0.3, -0.25) is 10.1 Å². The lowest BCUT2D eigenvalue weighted by atomic mass is 10.1. The smallest absolute Gasteiger partial charge is 0.354 e. The average Bonchev–Trinajstić information content (AvgIpc) is 2.88. The number of benzene rings is 1. The van der Waals surface area contributed by atoms with Crippen LogP contribution in [0.15, 0.2) is 36.5 Å². The third kappa shape index (κ3) is 3.30. The van der Waals surface area contributed by atoms with Crippen molar-refractivity contribution in [3.8, 4) is 6.07 Å². The van der Waals surface area contributed by atoms with Crippen molar-refractivity contribution >= 4 is 11.7 Å². The number of esters is 1. The first-order chi connectivity index (χ1) is 10.5. The molecule has 7 nitrogen and oxygen atoms in total. The molecule has 0 atom stereocenters. The molecule has 0 aliphatic rings. The van der Waals surface area contributed by atoms with Crippen molar-refractivity contribution in [2.24, 2.45) is 7.05 Å². The van der Waals surface area contributed by atoms with Gasteiger partial charge in [-0.1, -0.05) is 18.2 Å². The Morgan fingerprint density at radius 2 is 2.18 bits per heavy atom. The van der Waals surface area contributed by atoms with E-state index in [4.69, 9.17) is 10.00 Å². The Morgan fingerprint density at radius 1 is 1.45 bits per heavy atom. The molecule has 0 saturated heterocycles. The number of aryl methyl sites for hydroxylation is 1. The first-order valence-electron chi connectivity index (χ1n) is 6.49. The van der Waals surface area contributed by atoms with Crippen LogP contribution in [0.5, 0.6) is 0 Å². The van der Waals surface area contributed by atoms with Crippen LogP contribution in [-0.2, 0) is 18.2 Å². The van der Waals surface area contributed by atoms with Crippen molar-refractivity contribution in [1.82, 2.24) is 4.57 Å². The quantitative estimate of drug-likeness (QED) is 0.479. The van der Waals surface area contributed by atoms with Gasteiger partial charge in [0.15, 0.2) is 0 Å². The Bertz CT molecular complexity index is 758. The summed E-state index contributed by atoms with van der Waals surface area (Å²) in [6.07, 6.45) is 1.77. The second-order valence-corrected chi connectivity index (χ2v) is 4.61. The molecular weight excluding hydrogens is 286 g/mol. The summed E-state index contributed by atoms with van der Waals surface area (Å²) < 4.78 is 6.62. The molecule has 7 heteroatoms. The fraction of sp³-hybridized carbons (Fsp3) is 0.200. The standard InChI is InChI=1S/C15H13N3O4/c1-17-10-11(9-16)8-14(17)15(19)22-7-6-12-4-2-3-5-13(12)18(20)21/h2-5,8,10H,6-7H2,1H3. The van der Waals surface area contributed by atoms with Gasteiger partial charge in [0.2, 0.25) is 0 Å². The molecule has 1 heterocycles. The van der Waals surface area contributed by atoms with E-state index >= 15 is 0 Å². The molecule has 112 valence electrons. The summed E-state index contributed by atoms with van der Waals surface area (Å²) in [6.45, 7) is 0.0246. The number of ether oxygens (including phenoxy) is 1. The SMILES string of the molecule is Cn1cc(C#N)cc1C(=O)OCCc1ccccc1[N+](=O)[O-]. The number of para-hydroxylation sites is 1. The predicted octanol–water partition coefficient (Wildman–Crippen LogP) is 2.20. The highest BCUT2D eigenvalue weighted by Crippen LogP contribution is 2.18. The van der Waals surface area contributed by atoms with Gasteiger partial charge in [-0.25, -0.2) is 4.79 Å². The lowest BCUT2D eigenvalue weighted by Crippen LogP contribution is -2.12. The molecule has 0 unspecified atom stereocenters. The summed E-state index contributed by atoms with van der Waals surface area (Å²) in [7, 11) is 1.64. The monoisotopic (exact) mass is 299 g/mol. The van der Waals surface area contributed by atoms with Crippen molar-refractivity contribution in [1.29, 1.82) is 5.26 Å². The Morgan fingerprint density at radius 3 is 2.82 bits per heavy atom. The number of hydrogen-bond acceptors (Lipinski definition) is 5. The van der Waals surface area contributed by atoms with E-state index in [1.165, 1.54) is 22.9 Å². The average molecular weight is 299 g/mol. The maximum atomic E-state index is 11.9. The molecule has 0 spiro atoms. The van der Waals surface area contributed by atoms with Crippen LogP contribution < -0.4 is 0 Å². The summed E-state index contributed by atoms with van der Waals surface area (Å²) in [5, 5.41) is 19.7. The maximum Gasteiger partial charge on any atom is 0.354 e. The molecule has 0 saturated carbocycles. The van der Waals surface area contributed by atoms with E-state index in [9.17, 15) is 14.9 Å². The number of nitriles is 1. The van der Waals surface area contributed by atoms with Crippen molar-refractivity contribution in [3.05, 3.63) is 63.5 Å². The van der Waals surface area contributed by atoms with Crippen LogP contribution in [0.1, 0.15) is 21.6 Å². The molecule has 2 aromatic rings. The van der Waals surface area contributed by atoms with Crippen molar-refractivity contribution in [2.75, 3.05) is 6.61 Å². The molecular formula is C15H13N3O4. The first-order valence-corrected chi connectivity index (χ1v) is 6.49. The van der Waals surface area contributed by atoms with Crippen LogP contribution in [0.2, 0.25) is 0 Å². The Labute approximate surface area is 126 Å². The van der Waals surface area contributed by atoms with Crippen LogP contribution in [-0.4, -0.2) is 22.1 Å². The summed E-state index contributed by atoms with van der Waals surface area (Å²) in [5.74, 6) is -0.567. The molecule has 22 heavy (non-hydrogen) atoms. The Kier molecular flexibility index (Phi) is 4.53. The zero-order valence-corrected chi connectivity index (χ0v) is 11.9. The molecule has 0 N–H and O–H groups in total. The van der Waals surface area contributed by atoms with Gasteiger partial charge < -0.3 is 9.30 Å². The molecule has 0 radical (unpaired) electrons. The Hall–Kier alpha value is -3.14. The van der Waals surface area contributed by atoms with Crippen molar-refractivity contribution in [2.45, 2.75) is 6.42 Å². The van der Waals surface area contributed by atoms with Gasteiger partial charge in [0.25, 0.3) is 5.69 Å². The third-order valence-electron chi connectivity index (χ3n) is 3.14. The van der Waals surface area contributed by atoms with Gasteiger partial charge in [-0.15, -0.1) is 0 Å². The fourth-order valence-electron chi connectivity index (χ4n) is 2.06. The number of nitro groups is 1. The molecule has 2 rings (SSSR count). The van der Waals surface area contributed by atoms with E-state index in [-0.39, 0.29) is 24.4 Å². The molecule has 1 aromatic heterocycles. The third-order valence-corrected chi connectivity index (χ3v) is 3.14. The van der Waals surface area contributed by atoms with Crippen LogP contribution in [0.25, 0.3) is 0 Å². The zero-order chi connectivity index (χ0) is 16.1. The normalized spacial score (nSPS) is 10.0. The van der Waals surface area contributed by atoms with Gasteiger partial charge in [-0.2, -0.15) is 5.26 Å². The molecule has 0 aliphatic carbocycles. The summed E-state index contributed by atoms with van der Waals surface area (Å²) in [4.78, 5) is 22.3. The minimum atomic E-state index is -0.567. The maximum absolute atomic E-state index is 11.9. The van der Waals surface area contributed by atoms with Gasteiger partial charge in [0.05, 0.1) is 17.1 Å². The van der Waals surface area contributed by atoms with Gasteiger partial charge in [-0.05, 0) is 6.07 Å². The first kappa shape index (κ1) is 15.3. The Balaban J connectivity index is 1.99. The van der Waals surface area contributed by atoms with Crippen molar-refractivity contribution in [3.63, 3.8) is 0 Å². The van der Waals surface area contributed by atoms with Gasteiger partial charge in [0.1, 0.15) is 11.8 Å². The summed E-state index contributed by atoms with van der Waals surface area (Å²) in [5.41, 5.74) is 1.14. The second-order valence-electron chi connectivity index (χ2n) is 4.61. The predicted molar refractivity (Wildman–Crippen MR) is 77.2 cm³/mol. The number of rotatable bonds is 5. The largest absolute Gasteiger partial charge is 0.461 e. The molecule has 0 bridgehead atoms. The van der Waals surface area contributed by atoms with E-state index < -0.39 is 10.9 Å². The highest BCUT2D eigenvalue weighted by atomic mass is 16.6.